The lowest BCUT2D eigenvalue weighted by Crippen LogP contribution is -2.16. The average molecular weight is 224 g/mol. The molecular weight excluding hydrogens is 210 g/mol. The number of aromatic nitrogens is 1. The molecule has 0 bridgehead atoms. The molecule has 15 heavy (non-hydrogen) atoms. The fraction of sp³-hybridized carbons (Fsp3) is 0.500. The van der Waals surface area contributed by atoms with Gasteiger partial charge in [0.2, 0.25) is 0 Å². The van der Waals surface area contributed by atoms with Crippen LogP contribution >= 0.6 is 11.6 Å². The van der Waals surface area contributed by atoms with Gasteiger partial charge in [-0.05, 0) is 36.8 Å². The number of halogens is 1. The normalized spacial score (nSPS) is 21.7. The minimum Gasteiger partial charge on any atom is -0.300 e. The average Bonchev–Trinajstić information content (AvgIpc) is 2.22. The molecule has 1 aromatic rings. The lowest BCUT2D eigenvalue weighted by atomic mass is 9.84. The zero-order chi connectivity index (χ0) is 10.7. The van der Waals surface area contributed by atoms with Crippen LogP contribution in [0.5, 0.6) is 0 Å². The summed E-state index contributed by atoms with van der Waals surface area (Å²) >= 11 is 5.71. The van der Waals surface area contributed by atoms with Gasteiger partial charge in [-0.3, -0.25) is 4.79 Å². The second-order valence-electron chi connectivity index (χ2n) is 4.19. The van der Waals surface area contributed by atoms with Crippen LogP contribution < -0.4 is 0 Å². The van der Waals surface area contributed by atoms with Crippen LogP contribution in [0.25, 0.3) is 0 Å². The highest BCUT2D eigenvalue weighted by Crippen LogP contribution is 2.24. The first-order valence-electron chi connectivity index (χ1n) is 5.36. The van der Waals surface area contributed by atoms with Gasteiger partial charge >= 0.3 is 0 Å². The molecule has 0 saturated heterocycles. The van der Waals surface area contributed by atoms with Crippen molar-refractivity contribution < 1.29 is 4.79 Å². The van der Waals surface area contributed by atoms with E-state index in [4.69, 9.17) is 11.6 Å². The smallest absolute Gasteiger partial charge is 0.133 e. The zero-order valence-corrected chi connectivity index (χ0v) is 9.33. The van der Waals surface area contributed by atoms with Gasteiger partial charge in [-0.1, -0.05) is 17.7 Å². The highest BCUT2D eigenvalue weighted by atomic mass is 35.5. The van der Waals surface area contributed by atoms with Crippen LogP contribution in [0.15, 0.2) is 18.3 Å². The van der Waals surface area contributed by atoms with Crippen LogP contribution in [0, 0.1) is 5.92 Å². The first-order chi connectivity index (χ1) is 7.24. The molecule has 2 rings (SSSR count). The van der Waals surface area contributed by atoms with Crippen molar-refractivity contribution in [3.05, 3.63) is 29.0 Å². The second-order valence-corrected chi connectivity index (χ2v) is 4.58. The summed E-state index contributed by atoms with van der Waals surface area (Å²) in [5.74, 6) is 0.919. The molecule has 1 heterocycles. The van der Waals surface area contributed by atoms with Crippen molar-refractivity contribution in [1.82, 2.24) is 4.98 Å². The van der Waals surface area contributed by atoms with Crippen LogP contribution in [0.2, 0.25) is 5.15 Å². The van der Waals surface area contributed by atoms with E-state index in [9.17, 15) is 4.79 Å². The topological polar surface area (TPSA) is 30.0 Å². The molecule has 1 aromatic heterocycles. The van der Waals surface area contributed by atoms with Crippen LogP contribution in [0.1, 0.15) is 31.2 Å². The van der Waals surface area contributed by atoms with Gasteiger partial charge < -0.3 is 0 Å². The monoisotopic (exact) mass is 223 g/mol. The Hall–Kier alpha value is -0.890. The summed E-state index contributed by atoms with van der Waals surface area (Å²) in [5.41, 5.74) is 1.18. The quantitative estimate of drug-likeness (QED) is 0.722. The number of nitrogens with zero attached hydrogens (tertiary/aromatic N) is 1. The molecule has 1 fully saturated rings. The molecule has 1 aliphatic rings. The highest BCUT2D eigenvalue weighted by molar-refractivity contribution is 6.29. The van der Waals surface area contributed by atoms with Gasteiger partial charge in [0.25, 0.3) is 0 Å². The molecule has 0 unspecified atom stereocenters. The van der Waals surface area contributed by atoms with E-state index in [-0.39, 0.29) is 0 Å². The van der Waals surface area contributed by atoms with Gasteiger partial charge in [0, 0.05) is 19.0 Å². The van der Waals surface area contributed by atoms with Crippen LogP contribution in [0.4, 0.5) is 0 Å². The van der Waals surface area contributed by atoms with Crippen LogP contribution in [-0.4, -0.2) is 10.8 Å². The summed E-state index contributed by atoms with van der Waals surface area (Å²) in [6.45, 7) is 0. The number of carbonyl (C=O) groups is 1. The molecular formula is C12H14ClNO. The summed E-state index contributed by atoms with van der Waals surface area (Å²) in [7, 11) is 0. The molecule has 0 aliphatic heterocycles. The Morgan fingerprint density at radius 3 is 3.00 bits per heavy atom. The molecule has 1 atom stereocenters. The maximum atomic E-state index is 11.3. The Morgan fingerprint density at radius 1 is 1.47 bits per heavy atom. The third-order valence-electron chi connectivity index (χ3n) is 2.90. The summed E-state index contributed by atoms with van der Waals surface area (Å²) in [6, 6.07) is 3.80. The van der Waals surface area contributed by atoms with Crippen molar-refractivity contribution in [3.8, 4) is 0 Å². The fourth-order valence-electron chi connectivity index (χ4n) is 2.15. The third-order valence-corrected chi connectivity index (χ3v) is 3.12. The molecule has 0 amide bonds. The first-order valence-corrected chi connectivity index (χ1v) is 5.74. The van der Waals surface area contributed by atoms with Gasteiger partial charge in [-0.25, -0.2) is 4.98 Å². The van der Waals surface area contributed by atoms with Crippen LogP contribution in [-0.2, 0) is 11.2 Å². The van der Waals surface area contributed by atoms with E-state index in [0.29, 0.717) is 16.9 Å². The summed E-state index contributed by atoms with van der Waals surface area (Å²) in [6.07, 6.45) is 6.48. The Balaban J connectivity index is 1.96. The van der Waals surface area contributed by atoms with E-state index in [1.807, 2.05) is 12.1 Å². The Labute approximate surface area is 94.7 Å². The van der Waals surface area contributed by atoms with E-state index in [1.165, 1.54) is 5.56 Å². The predicted molar refractivity (Wildman–Crippen MR) is 59.9 cm³/mol. The molecule has 2 nitrogen and oxygen atoms in total. The van der Waals surface area contributed by atoms with E-state index >= 15 is 0 Å². The summed E-state index contributed by atoms with van der Waals surface area (Å²) < 4.78 is 0. The minimum atomic E-state index is 0.410. The lowest BCUT2D eigenvalue weighted by Gasteiger charge is -2.20. The van der Waals surface area contributed by atoms with Gasteiger partial charge in [-0.15, -0.1) is 0 Å². The second kappa shape index (κ2) is 4.75. The SMILES string of the molecule is O=C1CCC[C@H](Cc2ccc(Cl)nc2)C1. The number of hydrogen-bond acceptors (Lipinski definition) is 2. The first kappa shape index (κ1) is 10.6. The lowest BCUT2D eigenvalue weighted by molar-refractivity contribution is -0.121. The molecule has 0 spiro atoms. The largest absolute Gasteiger partial charge is 0.300 e. The number of ketones is 1. The van der Waals surface area contributed by atoms with Gasteiger partial charge in [0.15, 0.2) is 0 Å². The zero-order valence-electron chi connectivity index (χ0n) is 8.58. The van der Waals surface area contributed by atoms with Crippen molar-refractivity contribution in [1.29, 1.82) is 0 Å². The van der Waals surface area contributed by atoms with Crippen LogP contribution in [0.3, 0.4) is 0 Å². The van der Waals surface area contributed by atoms with Gasteiger partial charge in [0.1, 0.15) is 10.9 Å². The summed E-state index contributed by atoms with van der Waals surface area (Å²) in [5, 5.41) is 0.526. The van der Waals surface area contributed by atoms with E-state index in [2.05, 4.69) is 4.98 Å². The van der Waals surface area contributed by atoms with E-state index in [0.717, 1.165) is 32.1 Å². The maximum absolute atomic E-state index is 11.3. The van der Waals surface area contributed by atoms with E-state index < -0.39 is 0 Å². The standard InChI is InChI=1S/C12H14ClNO/c13-12-5-4-10(8-14-12)6-9-2-1-3-11(15)7-9/h4-5,8-9H,1-3,6-7H2/t9-/m1/s1. The molecule has 0 radical (unpaired) electrons. The predicted octanol–water partition coefficient (Wildman–Crippen LogP) is 3.04. The Bertz CT molecular complexity index is 347. The van der Waals surface area contributed by atoms with Crippen molar-refractivity contribution in [2.24, 2.45) is 5.92 Å². The van der Waals surface area contributed by atoms with Crippen molar-refractivity contribution in [2.75, 3.05) is 0 Å². The molecule has 1 aliphatic carbocycles. The number of Topliss-reactive ketones (excluding diaryl/α,β-unsaturated/α-hetero) is 1. The Kier molecular flexibility index (Phi) is 3.37. The molecule has 1 saturated carbocycles. The van der Waals surface area contributed by atoms with Crippen molar-refractivity contribution in [3.63, 3.8) is 0 Å². The number of hydrogen-bond donors (Lipinski definition) is 0. The molecule has 80 valence electrons. The number of rotatable bonds is 2. The molecule has 0 N–H and O–H groups in total. The van der Waals surface area contributed by atoms with Crippen molar-refractivity contribution in [2.45, 2.75) is 32.1 Å². The van der Waals surface area contributed by atoms with Gasteiger partial charge in [-0.2, -0.15) is 0 Å². The molecule has 0 aromatic carbocycles. The van der Waals surface area contributed by atoms with E-state index in [1.54, 1.807) is 6.20 Å². The third kappa shape index (κ3) is 3.03. The highest BCUT2D eigenvalue weighted by Gasteiger charge is 2.19. The van der Waals surface area contributed by atoms with Crippen molar-refractivity contribution >= 4 is 17.4 Å². The minimum absolute atomic E-state index is 0.410. The number of pyridine rings is 1. The Morgan fingerprint density at radius 2 is 2.33 bits per heavy atom. The number of carbonyl (C=O) groups excluding carboxylic acids is 1. The fourth-order valence-corrected chi connectivity index (χ4v) is 2.26. The summed E-state index contributed by atoms with van der Waals surface area (Å²) in [4.78, 5) is 15.3. The van der Waals surface area contributed by atoms with Gasteiger partial charge in [0.05, 0.1) is 0 Å². The molecule has 3 heteroatoms. The maximum Gasteiger partial charge on any atom is 0.133 e.